The number of urea groups is 1. The molecule has 0 aromatic carbocycles. The summed E-state index contributed by atoms with van der Waals surface area (Å²) in [5, 5.41) is 5.98. The minimum Gasteiger partial charge on any atom is -0.356 e. The van der Waals surface area contributed by atoms with Gasteiger partial charge in [0.25, 0.3) is 0 Å². The van der Waals surface area contributed by atoms with Crippen LogP contribution in [-0.4, -0.2) is 42.5 Å². The van der Waals surface area contributed by atoms with Crippen LogP contribution in [0.1, 0.15) is 45.4 Å². The monoisotopic (exact) mass is 267 g/mol. The van der Waals surface area contributed by atoms with E-state index in [2.05, 4.69) is 17.6 Å². The van der Waals surface area contributed by atoms with E-state index >= 15 is 0 Å². The van der Waals surface area contributed by atoms with Gasteiger partial charge in [0.15, 0.2) is 0 Å². The van der Waals surface area contributed by atoms with Gasteiger partial charge in [-0.1, -0.05) is 13.3 Å². The SMILES string of the molecule is CCCCNC(=O)C1CCN(C(=O)NC2CC2)CC1. The molecule has 0 unspecified atom stereocenters. The first-order chi connectivity index (χ1) is 9.20. The summed E-state index contributed by atoms with van der Waals surface area (Å²) >= 11 is 0. The van der Waals surface area contributed by atoms with Crippen LogP contribution in [0.5, 0.6) is 0 Å². The molecule has 108 valence electrons. The van der Waals surface area contributed by atoms with Crippen LogP contribution in [-0.2, 0) is 4.79 Å². The zero-order valence-corrected chi connectivity index (χ0v) is 11.8. The van der Waals surface area contributed by atoms with Gasteiger partial charge in [0.2, 0.25) is 5.91 Å². The van der Waals surface area contributed by atoms with E-state index in [1.54, 1.807) is 0 Å². The second-order valence-corrected chi connectivity index (χ2v) is 5.63. The summed E-state index contributed by atoms with van der Waals surface area (Å²) in [6.45, 7) is 4.29. The normalized spacial score (nSPS) is 20.2. The van der Waals surface area contributed by atoms with Gasteiger partial charge in [0.1, 0.15) is 0 Å². The Balaban J connectivity index is 1.66. The van der Waals surface area contributed by atoms with Crippen LogP contribution in [0.4, 0.5) is 4.79 Å². The van der Waals surface area contributed by atoms with Crippen LogP contribution < -0.4 is 10.6 Å². The summed E-state index contributed by atoms with van der Waals surface area (Å²) in [7, 11) is 0. The van der Waals surface area contributed by atoms with Gasteiger partial charge in [-0.3, -0.25) is 4.79 Å². The first-order valence-corrected chi connectivity index (χ1v) is 7.54. The number of nitrogens with one attached hydrogen (secondary N) is 2. The molecule has 5 heteroatoms. The first kappa shape index (κ1) is 14.2. The first-order valence-electron chi connectivity index (χ1n) is 7.54. The van der Waals surface area contributed by atoms with Gasteiger partial charge >= 0.3 is 6.03 Å². The highest BCUT2D eigenvalue weighted by Crippen LogP contribution is 2.21. The molecule has 0 aromatic heterocycles. The summed E-state index contributed by atoms with van der Waals surface area (Å²) in [5.74, 6) is 0.248. The Bertz CT molecular complexity index is 321. The smallest absolute Gasteiger partial charge is 0.317 e. The van der Waals surface area contributed by atoms with E-state index in [9.17, 15) is 9.59 Å². The molecule has 0 atom stereocenters. The second-order valence-electron chi connectivity index (χ2n) is 5.63. The molecular weight excluding hydrogens is 242 g/mol. The third-order valence-electron chi connectivity index (χ3n) is 3.89. The third-order valence-corrected chi connectivity index (χ3v) is 3.89. The molecule has 1 heterocycles. The van der Waals surface area contributed by atoms with Crippen LogP contribution in [0.2, 0.25) is 0 Å². The summed E-state index contributed by atoms with van der Waals surface area (Å²) in [6.07, 6.45) is 5.94. The van der Waals surface area contributed by atoms with Crippen molar-refractivity contribution in [3.8, 4) is 0 Å². The molecule has 2 fully saturated rings. The minimum atomic E-state index is 0.0485. The third kappa shape index (κ3) is 4.40. The van der Waals surface area contributed by atoms with Gasteiger partial charge in [-0.25, -0.2) is 4.79 Å². The summed E-state index contributed by atoms with van der Waals surface area (Å²) in [5.41, 5.74) is 0. The van der Waals surface area contributed by atoms with E-state index in [4.69, 9.17) is 0 Å². The molecule has 2 N–H and O–H groups in total. The van der Waals surface area contributed by atoms with Crippen LogP contribution >= 0.6 is 0 Å². The van der Waals surface area contributed by atoms with Crippen molar-refractivity contribution in [1.82, 2.24) is 15.5 Å². The van der Waals surface area contributed by atoms with E-state index in [1.807, 2.05) is 4.90 Å². The van der Waals surface area contributed by atoms with Crippen LogP contribution in [0, 0.1) is 5.92 Å². The summed E-state index contributed by atoms with van der Waals surface area (Å²) in [4.78, 5) is 25.6. The lowest BCUT2D eigenvalue weighted by Gasteiger charge is -2.31. The fourth-order valence-electron chi connectivity index (χ4n) is 2.37. The highest BCUT2D eigenvalue weighted by atomic mass is 16.2. The number of piperidine rings is 1. The molecule has 2 rings (SSSR count). The van der Waals surface area contributed by atoms with Crippen LogP contribution in [0.25, 0.3) is 0 Å². The average Bonchev–Trinajstić information content (AvgIpc) is 3.23. The predicted octanol–water partition coefficient (Wildman–Crippen LogP) is 1.49. The highest BCUT2D eigenvalue weighted by molar-refractivity contribution is 5.79. The molecule has 5 nitrogen and oxygen atoms in total. The number of rotatable bonds is 5. The van der Waals surface area contributed by atoms with E-state index in [1.165, 1.54) is 0 Å². The maximum Gasteiger partial charge on any atom is 0.317 e. The van der Waals surface area contributed by atoms with E-state index in [0.29, 0.717) is 19.1 Å². The molecule has 1 saturated heterocycles. The Morgan fingerprint density at radius 2 is 1.84 bits per heavy atom. The molecule has 0 aromatic rings. The maximum absolute atomic E-state index is 11.9. The van der Waals surface area contributed by atoms with Crippen molar-refractivity contribution >= 4 is 11.9 Å². The Morgan fingerprint density at radius 1 is 1.16 bits per heavy atom. The van der Waals surface area contributed by atoms with Crippen molar-refractivity contribution in [3.05, 3.63) is 0 Å². The Morgan fingerprint density at radius 3 is 2.42 bits per heavy atom. The highest BCUT2D eigenvalue weighted by Gasteiger charge is 2.30. The lowest BCUT2D eigenvalue weighted by Crippen LogP contribution is -2.47. The maximum atomic E-state index is 11.9. The average molecular weight is 267 g/mol. The Labute approximate surface area is 115 Å². The number of carbonyl (C=O) groups excluding carboxylic acids is 2. The van der Waals surface area contributed by atoms with Crippen molar-refractivity contribution in [2.24, 2.45) is 5.92 Å². The zero-order valence-electron chi connectivity index (χ0n) is 11.8. The van der Waals surface area contributed by atoms with Crippen molar-refractivity contribution in [1.29, 1.82) is 0 Å². The van der Waals surface area contributed by atoms with Crippen molar-refractivity contribution in [2.45, 2.75) is 51.5 Å². The molecule has 1 aliphatic heterocycles. The van der Waals surface area contributed by atoms with Gasteiger partial charge in [0, 0.05) is 31.6 Å². The van der Waals surface area contributed by atoms with Crippen LogP contribution in [0.15, 0.2) is 0 Å². The van der Waals surface area contributed by atoms with E-state index < -0.39 is 0 Å². The van der Waals surface area contributed by atoms with Crippen molar-refractivity contribution < 1.29 is 9.59 Å². The molecular formula is C14H25N3O2. The number of hydrogen-bond acceptors (Lipinski definition) is 2. The molecule has 0 bridgehead atoms. The number of amides is 3. The number of likely N-dealkylation sites (tertiary alicyclic amines) is 1. The Kier molecular flexibility index (Phi) is 5.05. The van der Waals surface area contributed by atoms with Crippen molar-refractivity contribution in [2.75, 3.05) is 19.6 Å². The van der Waals surface area contributed by atoms with E-state index in [-0.39, 0.29) is 17.9 Å². The van der Waals surface area contributed by atoms with Gasteiger partial charge in [-0.2, -0.15) is 0 Å². The second kappa shape index (κ2) is 6.78. The zero-order chi connectivity index (χ0) is 13.7. The fraction of sp³-hybridized carbons (Fsp3) is 0.857. The van der Waals surface area contributed by atoms with Gasteiger partial charge in [-0.15, -0.1) is 0 Å². The molecule has 3 amide bonds. The molecule has 2 aliphatic rings. The number of unbranched alkanes of at least 4 members (excludes halogenated alkanes) is 1. The number of carbonyl (C=O) groups is 2. The predicted molar refractivity (Wildman–Crippen MR) is 73.8 cm³/mol. The quantitative estimate of drug-likeness (QED) is 0.741. The molecule has 1 aliphatic carbocycles. The number of nitrogens with zero attached hydrogens (tertiary/aromatic N) is 1. The lowest BCUT2D eigenvalue weighted by atomic mass is 9.96. The van der Waals surface area contributed by atoms with Gasteiger partial charge in [0.05, 0.1) is 0 Å². The number of hydrogen-bond donors (Lipinski definition) is 2. The molecule has 0 radical (unpaired) electrons. The van der Waals surface area contributed by atoms with Gasteiger partial charge in [-0.05, 0) is 32.1 Å². The summed E-state index contributed by atoms with van der Waals surface area (Å²) in [6, 6.07) is 0.454. The fourth-order valence-corrected chi connectivity index (χ4v) is 2.37. The van der Waals surface area contributed by atoms with Gasteiger partial charge < -0.3 is 15.5 Å². The van der Waals surface area contributed by atoms with E-state index in [0.717, 1.165) is 45.1 Å². The summed E-state index contributed by atoms with van der Waals surface area (Å²) < 4.78 is 0. The molecule has 0 spiro atoms. The topological polar surface area (TPSA) is 61.4 Å². The lowest BCUT2D eigenvalue weighted by molar-refractivity contribution is -0.126. The van der Waals surface area contributed by atoms with Crippen molar-refractivity contribution in [3.63, 3.8) is 0 Å². The molecule has 1 saturated carbocycles. The minimum absolute atomic E-state index is 0.0485. The standard InChI is InChI=1S/C14H25N3O2/c1-2-3-8-15-13(18)11-6-9-17(10-7-11)14(19)16-12-4-5-12/h11-12H,2-10H2,1H3,(H,15,18)(H,16,19). The largest absolute Gasteiger partial charge is 0.356 e. The Hall–Kier alpha value is -1.26. The molecule has 19 heavy (non-hydrogen) atoms. The van der Waals surface area contributed by atoms with Crippen LogP contribution in [0.3, 0.4) is 0 Å².